The lowest BCUT2D eigenvalue weighted by Gasteiger charge is -2.20. The van der Waals surface area contributed by atoms with Gasteiger partial charge in [-0.2, -0.15) is 0 Å². The number of nitrogens with two attached hydrogens (primary N) is 1. The summed E-state index contributed by atoms with van der Waals surface area (Å²) in [6.45, 7) is 6.72. The zero-order chi connectivity index (χ0) is 14.7. The minimum Gasteiger partial charge on any atom is -0.483 e. The van der Waals surface area contributed by atoms with Gasteiger partial charge in [-0.05, 0) is 47.5 Å². The van der Waals surface area contributed by atoms with E-state index in [0.717, 1.165) is 26.8 Å². The van der Waals surface area contributed by atoms with E-state index < -0.39 is 0 Å². The predicted molar refractivity (Wildman–Crippen MR) is 87.0 cm³/mol. The summed E-state index contributed by atoms with van der Waals surface area (Å²) in [4.78, 5) is 1.15. The average molecular weight is 310 g/mol. The van der Waals surface area contributed by atoms with Gasteiger partial charge in [0.15, 0.2) is 0 Å². The second kappa shape index (κ2) is 6.61. The van der Waals surface area contributed by atoms with Crippen molar-refractivity contribution in [2.75, 3.05) is 6.54 Å². The summed E-state index contributed by atoms with van der Waals surface area (Å²) in [5.41, 5.74) is 7.99. The Balaban J connectivity index is 2.30. The fraction of sp³-hybridized carbons (Fsp3) is 0.375. The lowest BCUT2D eigenvalue weighted by Crippen LogP contribution is -2.18. The van der Waals surface area contributed by atoms with Gasteiger partial charge in [0.05, 0.1) is 0 Å². The van der Waals surface area contributed by atoms with Crippen LogP contribution in [0.1, 0.15) is 41.9 Å². The monoisotopic (exact) mass is 309 g/mol. The molecule has 0 aliphatic heterocycles. The summed E-state index contributed by atoms with van der Waals surface area (Å²) in [5, 5.41) is 2.83. The second-order valence-corrected chi connectivity index (χ2v) is 6.54. The summed E-state index contributed by atoms with van der Waals surface area (Å²) in [7, 11) is 0. The zero-order valence-electron chi connectivity index (χ0n) is 12.0. The molecule has 1 aromatic carbocycles. The van der Waals surface area contributed by atoms with E-state index in [9.17, 15) is 0 Å². The molecule has 0 radical (unpaired) electrons. The number of ether oxygens (including phenoxy) is 1. The first-order chi connectivity index (χ1) is 9.52. The second-order valence-electron chi connectivity index (χ2n) is 5.15. The Labute approximate surface area is 129 Å². The molecular formula is C16H20ClNOS. The van der Waals surface area contributed by atoms with Crippen LogP contribution in [0.3, 0.4) is 0 Å². The van der Waals surface area contributed by atoms with Gasteiger partial charge in [0, 0.05) is 16.4 Å². The molecule has 2 rings (SSSR count). The van der Waals surface area contributed by atoms with E-state index in [1.54, 1.807) is 11.3 Å². The average Bonchev–Trinajstić information content (AvgIpc) is 2.91. The molecule has 0 fully saturated rings. The van der Waals surface area contributed by atoms with E-state index in [1.807, 2.05) is 30.5 Å². The Morgan fingerprint density at radius 3 is 2.65 bits per heavy atom. The van der Waals surface area contributed by atoms with Crippen LogP contribution in [0.4, 0.5) is 0 Å². The van der Waals surface area contributed by atoms with E-state index in [2.05, 4.69) is 19.9 Å². The van der Waals surface area contributed by atoms with Crippen LogP contribution in [0, 0.1) is 6.92 Å². The van der Waals surface area contributed by atoms with Crippen LogP contribution in [-0.4, -0.2) is 6.54 Å². The molecule has 2 nitrogen and oxygen atoms in total. The summed E-state index contributed by atoms with van der Waals surface area (Å²) >= 11 is 7.95. The molecule has 1 unspecified atom stereocenters. The van der Waals surface area contributed by atoms with Crippen molar-refractivity contribution in [3.05, 3.63) is 50.7 Å². The van der Waals surface area contributed by atoms with Crippen molar-refractivity contribution in [1.29, 1.82) is 0 Å². The number of rotatable bonds is 5. The number of aryl methyl sites for hydroxylation is 1. The van der Waals surface area contributed by atoms with E-state index in [-0.39, 0.29) is 6.10 Å². The van der Waals surface area contributed by atoms with Crippen molar-refractivity contribution in [3.63, 3.8) is 0 Å². The molecule has 0 aliphatic rings. The molecule has 2 aromatic rings. The Hall–Kier alpha value is -1.03. The van der Waals surface area contributed by atoms with Crippen molar-refractivity contribution in [2.24, 2.45) is 5.73 Å². The van der Waals surface area contributed by atoms with Gasteiger partial charge in [0.25, 0.3) is 0 Å². The normalized spacial score (nSPS) is 12.7. The molecule has 20 heavy (non-hydrogen) atoms. The fourth-order valence-corrected chi connectivity index (χ4v) is 3.29. The van der Waals surface area contributed by atoms with Gasteiger partial charge in [0.2, 0.25) is 0 Å². The van der Waals surface area contributed by atoms with Gasteiger partial charge < -0.3 is 10.5 Å². The van der Waals surface area contributed by atoms with Crippen molar-refractivity contribution in [2.45, 2.75) is 32.8 Å². The molecule has 0 saturated heterocycles. The number of halogens is 1. The topological polar surface area (TPSA) is 35.2 Å². The van der Waals surface area contributed by atoms with Crippen LogP contribution >= 0.6 is 22.9 Å². The van der Waals surface area contributed by atoms with Gasteiger partial charge >= 0.3 is 0 Å². The SMILES string of the molecule is Cc1cc(Cl)c(C(C)C)cc1OC(CN)c1cccs1. The van der Waals surface area contributed by atoms with Crippen LogP contribution in [0.15, 0.2) is 29.6 Å². The van der Waals surface area contributed by atoms with Gasteiger partial charge in [0.1, 0.15) is 11.9 Å². The summed E-state index contributed by atoms with van der Waals surface area (Å²) in [5.74, 6) is 1.23. The van der Waals surface area contributed by atoms with Crippen LogP contribution in [-0.2, 0) is 0 Å². The van der Waals surface area contributed by atoms with Crippen molar-refractivity contribution < 1.29 is 4.74 Å². The van der Waals surface area contributed by atoms with Crippen LogP contribution < -0.4 is 10.5 Å². The first kappa shape index (κ1) is 15.4. The predicted octanol–water partition coefficient (Wildman–Crippen LogP) is 4.91. The van der Waals surface area contributed by atoms with Gasteiger partial charge in [-0.3, -0.25) is 0 Å². The van der Waals surface area contributed by atoms with Gasteiger partial charge in [-0.15, -0.1) is 11.3 Å². The lowest BCUT2D eigenvalue weighted by molar-refractivity contribution is 0.216. The Kier molecular flexibility index (Phi) is 5.08. The van der Waals surface area contributed by atoms with Gasteiger partial charge in [-0.25, -0.2) is 0 Å². The molecule has 1 heterocycles. The van der Waals surface area contributed by atoms with E-state index in [0.29, 0.717) is 12.5 Å². The molecule has 0 bridgehead atoms. The highest BCUT2D eigenvalue weighted by Gasteiger charge is 2.16. The zero-order valence-corrected chi connectivity index (χ0v) is 13.6. The molecule has 108 valence electrons. The molecule has 4 heteroatoms. The summed E-state index contributed by atoms with van der Waals surface area (Å²) in [6, 6.07) is 8.07. The van der Waals surface area contributed by atoms with Crippen LogP contribution in [0.25, 0.3) is 0 Å². The highest BCUT2D eigenvalue weighted by molar-refractivity contribution is 7.10. The molecular weight excluding hydrogens is 290 g/mol. The Bertz CT molecular complexity index is 566. The Morgan fingerprint density at radius 1 is 1.35 bits per heavy atom. The van der Waals surface area contributed by atoms with E-state index >= 15 is 0 Å². The van der Waals surface area contributed by atoms with Crippen molar-refractivity contribution >= 4 is 22.9 Å². The molecule has 0 spiro atoms. The van der Waals surface area contributed by atoms with Crippen molar-refractivity contribution in [3.8, 4) is 5.75 Å². The maximum atomic E-state index is 6.29. The molecule has 0 saturated carbocycles. The minimum absolute atomic E-state index is 0.102. The number of hydrogen-bond donors (Lipinski definition) is 1. The standard InChI is InChI=1S/C16H20ClNOS/c1-10(2)12-8-14(11(3)7-13(12)17)19-15(9-18)16-5-4-6-20-16/h4-8,10,15H,9,18H2,1-3H3. The summed E-state index contributed by atoms with van der Waals surface area (Å²) in [6.07, 6.45) is -0.102. The number of thiophene rings is 1. The van der Waals surface area contributed by atoms with E-state index in [4.69, 9.17) is 22.1 Å². The van der Waals surface area contributed by atoms with Crippen molar-refractivity contribution in [1.82, 2.24) is 0 Å². The third kappa shape index (κ3) is 3.35. The minimum atomic E-state index is -0.102. The number of benzene rings is 1. The highest BCUT2D eigenvalue weighted by atomic mass is 35.5. The molecule has 1 aromatic heterocycles. The summed E-state index contributed by atoms with van der Waals surface area (Å²) < 4.78 is 6.11. The molecule has 1 atom stereocenters. The molecule has 0 aliphatic carbocycles. The number of hydrogen-bond acceptors (Lipinski definition) is 3. The Morgan fingerprint density at radius 2 is 2.10 bits per heavy atom. The van der Waals surface area contributed by atoms with Crippen LogP contribution in [0.2, 0.25) is 5.02 Å². The largest absolute Gasteiger partial charge is 0.483 e. The lowest BCUT2D eigenvalue weighted by atomic mass is 10.0. The molecule has 0 amide bonds. The molecule has 2 N–H and O–H groups in total. The van der Waals surface area contributed by atoms with Crippen LogP contribution in [0.5, 0.6) is 5.75 Å². The smallest absolute Gasteiger partial charge is 0.145 e. The first-order valence-electron chi connectivity index (χ1n) is 6.73. The fourth-order valence-electron chi connectivity index (χ4n) is 2.09. The third-order valence-corrected chi connectivity index (χ3v) is 4.55. The van der Waals surface area contributed by atoms with Gasteiger partial charge in [-0.1, -0.05) is 31.5 Å². The maximum absolute atomic E-state index is 6.29. The first-order valence-corrected chi connectivity index (χ1v) is 7.98. The highest BCUT2D eigenvalue weighted by Crippen LogP contribution is 2.34. The quantitative estimate of drug-likeness (QED) is 0.851. The van der Waals surface area contributed by atoms with E-state index in [1.165, 1.54) is 0 Å². The maximum Gasteiger partial charge on any atom is 0.145 e. The third-order valence-electron chi connectivity index (χ3n) is 3.26.